The van der Waals surface area contributed by atoms with Crippen molar-refractivity contribution in [3.8, 4) is 0 Å². The van der Waals surface area contributed by atoms with E-state index in [4.69, 9.17) is 5.14 Å². The topological polar surface area (TPSA) is 102 Å². The predicted octanol–water partition coefficient (Wildman–Crippen LogP) is 1.22. The van der Waals surface area contributed by atoms with Gasteiger partial charge in [0.25, 0.3) is 0 Å². The Kier molecular flexibility index (Phi) is 4.35. The van der Waals surface area contributed by atoms with Gasteiger partial charge in [-0.2, -0.15) is 0 Å². The van der Waals surface area contributed by atoms with E-state index in [1.165, 1.54) is 12.1 Å². The molecule has 110 valence electrons. The Morgan fingerprint density at radius 2 is 1.90 bits per heavy atom. The first kappa shape index (κ1) is 15.1. The van der Waals surface area contributed by atoms with Crippen molar-refractivity contribution in [3.05, 3.63) is 53.9 Å². The molecule has 0 aliphatic heterocycles. The van der Waals surface area contributed by atoms with Crippen molar-refractivity contribution >= 4 is 21.6 Å². The van der Waals surface area contributed by atoms with Crippen molar-refractivity contribution < 1.29 is 13.2 Å². The smallest absolute Gasteiger partial charge is 0.238 e. The number of carbonyl (C=O) groups is 1. The number of nitrogens with one attached hydrogen (secondary N) is 1. The van der Waals surface area contributed by atoms with E-state index < -0.39 is 10.0 Å². The Hall–Kier alpha value is -2.25. The summed E-state index contributed by atoms with van der Waals surface area (Å²) in [6.07, 6.45) is 3.37. The average Bonchev–Trinajstić information content (AvgIpc) is 2.41. The van der Waals surface area contributed by atoms with E-state index in [0.29, 0.717) is 11.3 Å². The molecule has 0 spiro atoms. The molecule has 21 heavy (non-hydrogen) atoms. The first-order chi connectivity index (χ1) is 9.86. The monoisotopic (exact) mass is 305 g/mol. The molecule has 3 N–H and O–H groups in total. The molecule has 6 nitrogen and oxygen atoms in total. The minimum Gasteiger partial charge on any atom is -0.324 e. The molecule has 2 aromatic rings. The fourth-order valence-electron chi connectivity index (χ4n) is 1.77. The van der Waals surface area contributed by atoms with Crippen LogP contribution in [-0.4, -0.2) is 19.3 Å². The lowest BCUT2D eigenvalue weighted by Crippen LogP contribution is -2.16. The number of aromatic nitrogens is 1. The van der Waals surface area contributed by atoms with Crippen molar-refractivity contribution in [2.45, 2.75) is 18.2 Å². The summed E-state index contributed by atoms with van der Waals surface area (Å²) in [7, 11) is -3.71. The molecule has 0 atom stereocenters. The maximum atomic E-state index is 11.9. The van der Waals surface area contributed by atoms with Crippen LogP contribution in [-0.2, 0) is 21.2 Å². The fourth-order valence-corrected chi connectivity index (χ4v) is 2.29. The summed E-state index contributed by atoms with van der Waals surface area (Å²) in [4.78, 5) is 15.9. The van der Waals surface area contributed by atoms with Crippen LogP contribution in [0.4, 0.5) is 5.69 Å². The summed E-state index contributed by atoms with van der Waals surface area (Å²) in [5.41, 5.74) is 2.27. The van der Waals surface area contributed by atoms with Gasteiger partial charge in [0.15, 0.2) is 0 Å². The van der Waals surface area contributed by atoms with E-state index >= 15 is 0 Å². The molecule has 1 amide bonds. The van der Waals surface area contributed by atoms with Gasteiger partial charge in [-0.3, -0.25) is 9.78 Å². The van der Waals surface area contributed by atoms with Crippen molar-refractivity contribution in [2.24, 2.45) is 5.14 Å². The van der Waals surface area contributed by atoms with Gasteiger partial charge in [0, 0.05) is 6.20 Å². The molecule has 1 aromatic carbocycles. The molecular formula is C14H15N3O3S. The maximum Gasteiger partial charge on any atom is 0.238 e. The highest BCUT2D eigenvalue weighted by molar-refractivity contribution is 7.89. The summed E-state index contributed by atoms with van der Waals surface area (Å²) in [6, 6.07) is 7.70. The number of nitrogens with two attached hydrogens (primary N) is 1. The highest BCUT2D eigenvalue weighted by Gasteiger charge is 2.09. The lowest BCUT2D eigenvalue weighted by Gasteiger charge is -2.07. The zero-order valence-electron chi connectivity index (χ0n) is 11.4. The standard InChI is InChI=1S/C14H15N3O3S/c1-10-6-7-16-9-13(10)17-14(18)8-11-2-4-12(5-3-11)21(15,19)20/h2-7,9H,8H2,1H3,(H,17,18)(H2,15,19,20). The van der Waals surface area contributed by atoms with Gasteiger partial charge < -0.3 is 5.32 Å². The number of rotatable bonds is 4. The van der Waals surface area contributed by atoms with Crippen molar-refractivity contribution in [2.75, 3.05) is 5.32 Å². The number of benzene rings is 1. The number of hydrogen-bond acceptors (Lipinski definition) is 4. The van der Waals surface area contributed by atoms with E-state index in [0.717, 1.165) is 5.56 Å². The van der Waals surface area contributed by atoms with Crippen LogP contribution in [0.2, 0.25) is 0 Å². The van der Waals surface area contributed by atoms with Crippen LogP contribution in [0.25, 0.3) is 0 Å². The molecule has 0 radical (unpaired) electrons. The van der Waals surface area contributed by atoms with Crippen LogP contribution in [0, 0.1) is 6.92 Å². The number of hydrogen-bond donors (Lipinski definition) is 2. The molecule has 0 saturated heterocycles. The Bertz CT molecular complexity index is 755. The lowest BCUT2D eigenvalue weighted by atomic mass is 10.1. The van der Waals surface area contributed by atoms with Crippen molar-refractivity contribution in [1.82, 2.24) is 4.98 Å². The zero-order valence-corrected chi connectivity index (χ0v) is 12.2. The van der Waals surface area contributed by atoms with Gasteiger partial charge in [-0.25, -0.2) is 13.6 Å². The van der Waals surface area contributed by atoms with Crippen LogP contribution in [0.3, 0.4) is 0 Å². The first-order valence-corrected chi connectivity index (χ1v) is 7.73. The minimum atomic E-state index is -3.71. The second-order valence-electron chi connectivity index (χ2n) is 4.60. The molecule has 0 saturated carbocycles. The summed E-state index contributed by atoms with van der Waals surface area (Å²) >= 11 is 0. The Balaban J connectivity index is 2.05. The quantitative estimate of drug-likeness (QED) is 0.886. The highest BCUT2D eigenvalue weighted by Crippen LogP contribution is 2.13. The zero-order chi connectivity index (χ0) is 15.5. The second-order valence-corrected chi connectivity index (χ2v) is 6.17. The Labute approximate surface area is 123 Å². The normalized spacial score (nSPS) is 11.1. The Morgan fingerprint density at radius 3 is 2.48 bits per heavy atom. The molecule has 0 fully saturated rings. The molecule has 0 unspecified atom stereocenters. The number of amides is 1. The Morgan fingerprint density at radius 1 is 1.24 bits per heavy atom. The molecular weight excluding hydrogens is 290 g/mol. The van der Waals surface area contributed by atoms with Crippen LogP contribution >= 0.6 is 0 Å². The van der Waals surface area contributed by atoms with Gasteiger partial charge in [0.05, 0.1) is 23.2 Å². The van der Waals surface area contributed by atoms with Crippen LogP contribution in [0.5, 0.6) is 0 Å². The third-order valence-corrected chi connectivity index (χ3v) is 3.86. The number of sulfonamides is 1. The van der Waals surface area contributed by atoms with E-state index in [1.807, 2.05) is 6.92 Å². The fraction of sp³-hybridized carbons (Fsp3) is 0.143. The highest BCUT2D eigenvalue weighted by atomic mass is 32.2. The van der Waals surface area contributed by atoms with Gasteiger partial charge in [0.1, 0.15) is 0 Å². The summed E-state index contributed by atoms with van der Waals surface area (Å²) in [5.74, 6) is -0.200. The molecule has 1 heterocycles. The molecule has 0 bridgehead atoms. The predicted molar refractivity (Wildman–Crippen MR) is 79.1 cm³/mol. The molecule has 0 aliphatic rings. The third kappa shape index (κ3) is 4.11. The van der Waals surface area contributed by atoms with E-state index in [9.17, 15) is 13.2 Å². The molecule has 0 aliphatic carbocycles. The van der Waals surface area contributed by atoms with Gasteiger partial charge in [0.2, 0.25) is 15.9 Å². The van der Waals surface area contributed by atoms with Gasteiger partial charge in [-0.05, 0) is 36.2 Å². The van der Waals surface area contributed by atoms with Gasteiger partial charge in [-0.1, -0.05) is 12.1 Å². The number of carbonyl (C=O) groups excluding carboxylic acids is 1. The van der Waals surface area contributed by atoms with E-state index in [1.54, 1.807) is 30.6 Å². The van der Waals surface area contributed by atoms with E-state index in [-0.39, 0.29) is 17.2 Å². The molecule has 1 aromatic heterocycles. The van der Waals surface area contributed by atoms with Gasteiger partial charge in [-0.15, -0.1) is 0 Å². The van der Waals surface area contributed by atoms with Crippen LogP contribution in [0.15, 0.2) is 47.6 Å². The first-order valence-electron chi connectivity index (χ1n) is 6.18. The average molecular weight is 305 g/mol. The number of anilines is 1. The SMILES string of the molecule is Cc1ccncc1NC(=O)Cc1ccc(S(N)(=O)=O)cc1. The summed E-state index contributed by atoms with van der Waals surface area (Å²) in [6.45, 7) is 1.87. The number of primary sulfonamides is 1. The third-order valence-electron chi connectivity index (χ3n) is 2.93. The molecule has 7 heteroatoms. The summed E-state index contributed by atoms with van der Waals surface area (Å²) in [5, 5.41) is 7.77. The van der Waals surface area contributed by atoms with Crippen LogP contribution < -0.4 is 10.5 Å². The van der Waals surface area contributed by atoms with Crippen molar-refractivity contribution in [3.63, 3.8) is 0 Å². The number of pyridine rings is 1. The van der Waals surface area contributed by atoms with Gasteiger partial charge >= 0.3 is 0 Å². The second kappa shape index (κ2) is 6.02. The lowest BCUT2D eigenvalue weighted by molar-refractivity contribution is -0.115. The minimum absolute atomic E-state index is 0.0229. The van der Waals surface area contributed by atoms with Crippen molar-refractivity contribution in [1.29, 1.82) is 0 Å². The summed E-state index contributed by atoms with van der Waals surface area (Å²) < 4.78 is 22.3. The number of nitrogens with zero attached hydrogens (tertiary/aromatic N) is 1. The largest absolute Gasteiger partial charge is 0.324 e. The van der Waals surface area contributed by atoms with E-state index in [2.05, 4.69) is 10.3 Å². The molecule has 2 rings (SSSR count). The van der Waals surface area contributed by atoms with Crippen LogP contribution in [0.1, 0.15) is 11.1 Å². The maximum absolute atomic E-state index is 11.9. The number of aryl methyl sites for hydroxylation is 1.